The quantitative estimate of drug-likeness (QED) is 0.0437. The van der Waals surface area contributed by atoms with Crippen molar-refractivity contribution in [2.24, 2.45) is 10.8 Å². The Kier molecular flexibility index (Phi) is 18.2. The van der Waals surface area contributed by atoms with Crippen LogP contribution >= 0.6 is 34.3 Å². The minimum atomic E-state index is -2.64. The van der Waals surface area contributed by atoms with Crippen LogP contribution in [0.25, 0.3) is 22.1 Å². The molecule has 2 aliphatic heterocycles. The summed E-state index contributed by atoms with van der Waals surface area (Å²) in [6.07, 6.45) is 4.29. The second kappa shape index (κ2) is 23.8. The van der Waals surface area contributed by atoms with Crippen molar-refractivity contribution in [2.45, 2.75) is 84.9 Å². The van der Waals surface area contributed by atoms with E-state index in [9.17, 15) is 51.4 Å². The molecule has 398 valence electrons. The third kappa shape index (κ3) is 12.2. The van der Waals surface area contributed by atoms with Gasteiger partial charge in [0.2, 0.25) is 29.0 Å². The predicted molar refractivity (Wildman–Crippen MR) is 284 cm³/mol. The highest BCUT2D eigenvalue weighted by Gasteiger charge is 2.52. The van der Waals surface area contributed by atoms with E-state index in [1.54, 1.807) is 24.3 Å². The van der Waals surface area contributed by atoms with Crippen molar-refractivity contribution >= 4 is 103 Å². The topological polar surface area (TPSA) is 189 Å². The van der Waals surface area contributed by atoms with Gasteiger partial charge in [0.25, 0.3) is 24.7 Å². The van der Waals surface area contributed by atoms with Gasteiger partial charge in [-0.15, -0.1) is 22.7 Å². The molecule has 0 bridgehead atoms. The number of nitrogens with zero attached hydrogens (tertiary/aromatic N) is 6. The van der Waals surface area contributed by atoms with Gasteiger partial charge in [-0.05, 0) is 139 Å². The summed E-state index contributed by atoms with van der Waals surface area (Å²) in [6, 6.07) is 16.0. The predicted octanol–water partition coefficient (Wildman–Crippen LogP) is 11.6. The van der Waals surface area contributed by atoms with Crippen LogP contribution in [0.1, 0.15) is 123 Å². The number of alkyl halides is 4. The van der Waals surface area contributed by atoms with E-state index in [0.717, 1.165) is 84.6 Å². The van der Waals surface area contributed by atoms with Gasteiger partial charge in [-0.25, -0.2) is 27.5 Å². The first-order chi connectivity index (χ1) is 34.9. The summed E-state index contributed by atoms with van der Waals surface area (Å²) in [7, 11) is 0. The minimum absolute atomic E-state index is 0. The lowest BCUT2D eigenvalue weighted by Crippen LogP contribution is -2.42. The molecular weight excluding hydrogens is 1040 g/mol. The Balaban J connectivity index is 0.000000218. The van der Waals surface area contributed by atoms with Gasteiger partial charge in [0, 0.05) is 43.8 Å². The molecule has 2 saturated carbocycles. The number of nitrogens with one attached hydrogen (secondary N) is 2. The third-order valence-electron chi connectivity index (χ3n) is 13.8. The van der Waals surface area contributed by atoms with Gasteiger partial charge >= 0.3 is 0 Å². The molecule has 15 nitrogen and oxygen atoms in total. The van der Waals surface area contributed by atoms with Gasteiger partial charge in [0.1, 0.15) is 6.29 Å². The SMILES string of the molecule is C.C.C=CC(=O)Cl.C=CC(=O)N1CCC2(CC(n3c(NC(=O)c4ccc(C(F)F)s4)nc4cc(C=O)ccc43)C2)C1.C=CC(=O)N1CCC2(CC(n3c(NC(=O)c4ccc(C(F)F)s4)nc4cc(CO)ccc43)C2)C1. The van der Waals surface area contributed by atoms with Crippen LogP contribution in [0, 0.1) is 10.8 Å². The molecule has 10 rings (SSSR count). The average Bonchev–Trinajstić information content (AvgIpc) is 4.23. The molecule has 0 radical (unpaired) electrons. The number of anilines is 2. The van der Waals surface area contributed by atoms with Crippen molar-refractivity contribution in [3.8, 4) is 0 Å². The van der Waals surface area contributed by atoms with Crippen LogP contribution in [-0.2, 0) is 21.0 Å². The number of rotatable bonds is 13. The maximum Gasteiger partial charge on any atom is 0.272 e. The van der Waals surface area contributed by atoms with Crippen LogP contribution in [0.15, 0.2) is 98.6 Å². The number of hydrogen-bond acceptors (Lipinski definition) is 11. The Bertz CT molecular complexity index is 3160. The molecular formula is C53H57ClF4N8O7S2. The van der Waals surface area contributed by atoms with E-state index >= 15 is 0 Å². The van der Waals surface area contributed by atoms with Crippen LogP contribution in [0.3, 0.4) is 0 Å². The Morgan fingerprint density at radius 2 is 1.12 bits per heavy atom. The van der Waals surface area contributed by atoms with E-state index < -0.39 is 29.9 Å². The fourth-order valence-electron chi connectivity index (χ4n) is 10.3. The second-order valence-electron chi connectivity index (χ2n) is 18.4. The van der Waals surface area contributed by atoms with Gasteiger partial charge < -0.3 is 24.0 Å². The van der Waals surface area contributed by atoms with Gasteiger partial charge in [-0.2, -0.15) is 0 Å². The Labute approximate surface area is 443 Å². The lowest BCUT2D eigenvalue weighted by molar-refractivity contribution is -0.126. The number of aromatic nitrogens is 4. The van der Waals surface area contributed by atoms with Gasteiger partial charge in [0.15, 0.2) is 0 Å². The highest BCUT2D eigenvalue weighted by Crippen LogP contribution is 2.56. The van der Waals surface area contributed by atoms with Crippen LogP contribution in [-0.4, -0.2) is 95.3 Å². The molecule has 0 atom stereocenters. The lowest BCUT2D eigenvalue weighted by atomic mass is 9.64. The number of allylic oxidation sites excluding steroid dienone is 1. The number of benzene rings is 2. The third-order valence-corrected chi connectivity index (χ3v) is 16.1. The van der Waals surface area contributed by atoms with Crippen LogP contribution in [0.5, 0.6) is 0 Å². The van der Waals surface area contributed by atoms with E-state index in [-0.39, 0.29) is 75.7 Å². The molecule has 3 N–H and O–H groups in total. The molecule has 2 aliphatic carbocycles. The lowest BCUT2D eigenvalue weighted by Gasteiger charge is -2.46. The van der Waals surface area contributed by atoms with E-state index in [1.165, 1.54) is 36.4 Å². The molecule has 2 spiro atoms. The van der Waals surface area contributed by atoms with Crippen molar-refractivity contribution in [3.63, 3.8) is 0 Å². The zero-order chi connectivity index (χ0) is 52.4. The number of amides is 4. The zero-order valence-electron chi connectivity index (χ0n) is 39.1. The number of halogens is 5. The maximum absolute atomic E-state index is 13.0. The molecule has 4 aliphatic rings. The number of aldehydes is 1. The highest BCUT2D eigenvalue weighted by molar-refractivity contribution is 7.14. The van der Waals surface area contributed by atoms with Gasteiger partial charge in [-0.3, -0.25) is 39.4 Å². The molecule has 4 fully saturated rings. The fraction of sp³-hybridized carbons (Fsp3) is 0.358. The standard InChI is InChI=1S/C24H24F2N4O3S.C24H22F2N4O3S.C3H3ClO.2CH4/c2*1-2-20(32)29-8-7-24(13-29)10-15(11-24)30-17-4-3-14(12-31)9-16(17)27-23(30)28-22(33)19-6-5-18(34-19)21(25)26;1-2-3(4)5;;/h2-6,9,15,21,31H,1,7-8,10-13H2,(H,27,28,33);2-6,9,12,15,21H,1,7-8,10-11,13H2,(H,27,28,33);2H,1H2;2*1H4. The average molecular weight is 1090 g/mol. The summed E-state index contributed by atoms with van der Waals surface area (Å²) in [6.45, 7) is 12.8. The largest absolute Gasteiger partial charge is 0.392 e. The summed E-state index contributed by atoms with van der Waals surface area (Å²) in [4.78, 5) is 83.2. The first kappa shape index (κ1) is 57.5. The zero-order valence-corrected chi connectivity index (χ0v) is 41.5. The number of aliphatic hydroxyl groups excluding tert-OH is 1. The molecule has 2 aromatic carbocycles. The van der Waals surface area contributed by atoms with E-state index in [4.69, 9.17) is 11.6 Å². The first-order valence-electron chi connectivity index (χ1n) is 23.0. The number of aliphatic hydroxyl groups is 1. The van der Waals surface area contributed by atoms with Crippen molar-refractivity contribution in [2.75, 3.05) is 36.8 Å². The van der Waals surface area contributed by atoms with Crippen LogP contribution in [0.4, 0.5) is 29.5 Å². The summed E-state index contributed by atoms with van der Waals surface area (Å²) < 4.78 is 55.8. The normalized spacial score (nSPS) is 20.2. The van der Waals surface area contributed by atoms with E-state index in [1.807, 2.05) is 31.1 Å². The first-order valence-corrected chi connectivity index (χ1v) is 25.0. The van der Waals surface area contributed by atoms with Crippen LogP contribution in [0.2, 0.25) is 0 Å². The smallest absolute Gasteiger partial charge is 0.272 e. The Hall–Kier alpha value is -6.81. The number of fused-ring (bicyclic) bond motifs is 2. The number of thiophene rings is 2. The number of likely N-dealkylation sites (tertiary alicyclic amines) is 2. The van der Waals surface area contributed by atoms with E-state index in [0.29, 0.717) is 60.2 Å². The molecule has 75 heavy (non-hydrogen) atoms. The van der Waals surface area contributed by atoms with Crippen molar-refractivity contribution in [1.82, 2.24) is 28.9 Å². The summed E-state index contributed by atoms with van der Waals surface area (Å²) in [5.41, 5.74) is 4.02. The van der Waals surface area contributed by atoms with Gasteiger partial charge in [0.05, 0.1) is 48.2 Å². The maximum atomic E-state index is 13.0. The molecule has 22 heteroatoms. The number of hydrogen-bond donors (Lipinski definition) is 3. The summed E-state index contributed by atoms with van der Waals surface area (Å²) in [5, 5.41) is 14.6. The number of imidazole rings is 2. The van der Waals surface area contributed by atoms with E-state index in [2.05, 4.69) is 40.3 Å². The van der Waals surface area contributed by atoms with Crippen molar-refractivity contribution in [1.29, 1.82) is 0 Å². The molecule has 6 heterocycles. The highest BCUT2D eigenvalue weighted by atomic mass is 35.5. The number of carbonyl (C=O) groups excluding carboxylic acids is 6. The molecule has 4 aromatic heterocycles. The molecule has 2 saturated heterocycles. The molecule has 4 amide bonds. The summed E-state index contributed by atoms with van der Waals surface area (Å²) >= 11 is 6.21. The van der Waals surface area contributed by atoms with Gasteiger partial charge in [-0.1, -0.05) is 40.7 Å². The van der Waals surface area contributed by atoms with Crippen molar-refractivity contribution < 1.29 is 51.4 Å². The van der Waals surface area contributed by atoms with Crippen molar-refractivity contribution in [3.05, 3.63) is 129 Å². The molecule has 0 unspecified atom stereocenters. The van der Waals surface area contributed by atoms with Crippen LogP contribution < -0.4 is 10.6 Å². The monoisotopic (exact) mass is 1090 g/mol. The second-order valence-corrected chi connectivity index (χ2v) is 21.0. The number of carbonyl (C=O) groups is 6. The minimum Gasteiger partial charge on any atom is -0.392 e. The molecule has 6 aromatic rings. The Morgan fingerprint density at radius 1 is 0.693 bits per heavy atom. The Morgan fingerprint density at radius 3 is 1.49 bits per heavy atom. The fourth-order valence-corrected chi connectivity index (χ4v) is 11.8. The summed E-state index contributed by atoms with van der Waals surface area (Å²) in [5.74, 6) is -0.472.